The second kappa shape index (κ2) is 6.39. The van der Waals surface area contributed by atoms with E-state index in [4.69, 9.17) is 10.9 Å². The van der Waals surface area contributed by atoms with E-state index in [1.807, 2.05) is 0 Å². The first kappa shape index (κ1) is 11.0. The number of rotatable bonds is 6. The third-order valence-corrected chi connectivity index (χ3v) is 2.56. The molecule has 0 saturated carbocycles. The molecule has 78 valence electrons. The summed E-state index contributed by atoms with van der Waals surface area (Å²) in [7, 11) is 0. The molecule has 0 fully saturated rings. The number of oxime groups is 1. The summed E-state index contributed by atoms with van der Waals surface area (Å²) in [5, 5.41) is 18.7. The van der Waals surface area contributed by atoms with E-state index in [0.29, 0.717) is 12.3 Å². The lowest BCUT2D eigenvalue weighted by Crippen LogP contribution is -2.18. The summed E-state index contributed by atoms with van der Waals surface area (Å²) in [5.74, 6) is 0.294. The molecule has 0 aliphatic rings. The fourth-order valence-electron chi connectivity index (χ4n) is 1.07. The molecule has 14 heavy (non-hydrogen) atoms. The maximum absolute atomic E-state index is 8.29. The quantitative estimate of drug-likeness (QED) is 0.220. The van der Waals surface area contributed by atoms with E-state index in [-0.39, 0.29) is 0 Å². The van der Waals surface area contributed by atoms with Crippen LogP contribution in [0.5, 0.6) is 0 Å². The molecule has 0 spiro atoms. The molecule has 0 aromatic carbocycles. The summed E-state index contributed by atoms with van der Waals surface area (Å²) >= 11 is 1.70. The molecule has 1 heterocycles. The SMILES string of the molecule is NC(CCCNCc1ccsc1)=NO. The van der Waals surface area contributed by atoms with Crippen molar-refractivity contribution in [2.45, 2.75) is 19.4 Å². The molecule has 1 rings (SSSR count). The number of thiophene rings is 1. The van der Waals surface area contributed by atoms with Crippen LogP contribution >= 0.6 is 11.3 Å². The minimum absolute atomic E-state index is 0.294. The van der Waals surface area contributed by atoms with Crippen molar-refractivity contribution in [1.29, 1.82) is 0 Å². The highest BCUT2D eigenvalue weighted by molar-refractivity contribution is 7.07. The number of nitrogens with one attached hydrogen (secondary N) is 1. The molecule has 0 unspecified atom stereocenters. The molecule has 0 amide bonds. The molecule has 0 aliphatic carbocycles. The third-order valence-electron chi connectivity index (χ3n) is 1.82. The Morgan fingerprint density at radius 3 is 3.14 bits per heavy atom. The molecule has 1 aromatic rings. The van der Waals surface area contributed by atoms with E-state index in [9.17, 15) is 0 Å². The van der Waals surface area contributed by atoms with Gasteiger partial charge in [0, 0.05) is 13.0 Å². The second-order valence-corrected chi connectivity index (χ2v) is 3.78. The smallest absolute Gasteiger partial charge is 0.139 e. The minimum Gasteiger partial charge on any atom is -0.409 e. The number of amidine groups is 1. The lowest BCUT2D eigenvalue weighted by Gasteiger charge is -2.02. The van der Waals surface area contributed by atoms with Crippen LogP contribution in [0, 0.1) is 0 Å². The van der Waals surface area contributed by atoms with Crippen LogP contribution < -0.4 is 11.1 Å². The van der Waals surface area contributed by atoms with Gasteiger partial charge in [-0.1, -0.05) is 5.16 Å². The summed E-state index contributed by atoms with van der Waals surface area (Å²) in [6, 6.07) is 2.10. The summed E-state index contributed by atoms with van der Waals surface area (Å²) in [4.78, 5) is 0. The fourth-order valence-corrected chi connectivity index (χ4v) is 1.74. The molecule has 4 nitrogen and oxygen atoms in total. The van der Waals surface area contributed by atoms with E-state index in [0.717, 1.165) is 19.5 Å². The van der Waals surface area contributed by atoms with Crippen LogP contribution in [0.15, 0.2) is 22.0 Å². The van der Waals surface area contributed by atoms with Crippen molar-refractivity contribution in [2.24, 2.45) is 10.9 Å². The zero-order valence-electron chi connectivity index (χ0n) is 7.94. The van der Waals surface area contributed by atoms with Crippen molar-refractivity contribution >= 4 is 17.2 Å². The average Bonchev–Trinajstić information content (AvgIpc) is 2.69. The number of nitrogens with two attached hydrogens (primary N) is 1. The van der Waals surface area contributed by atoms with Crippen LogP contribution in [0.4, 0.5) is 0 Å². The maximum atomic E-state index is 8.29. The third kappa shape index (κ3) is 4.25. The highest BCUT2D eigenvalue weighted by Gasteiger charge is 1.94. The zero-order chi connectivity index (χ0) is 10.2. The van der Waals surface area contributed by atoms with Gasteiger partial charge in [-0.3, -0.25) is 0 Å². The lowest BCUT2D eigenvalue weighted by molar-refractivity contribution is 0.316. The fraction of sp³-hybridized carbons (Fsp3) is 0.444. The van der Waals surface area contributed by atoms with E-state index >= 15 is 0 Å². The topological polar surface area (TPSA) is 70.6 Å². The van der Waals surface area contributed by atoms with Crippen molar-refractivity contribution in [1.82, 2.24) is 5.32 Å². The van der Waals surface area contributed by atoms with Gasteiger partial charge in [-0.15, -0.1) is 0 Å². The summed E-state index contributed by atoms with van der Waals surface area (Å²) in [6.07, 6.45) is 1.52. The van der Waals surface area contributed by atoms with Gasteiger partial charge < -0.3 is 16.3 Å². The van der Waals surface area contributed by atoms with Gasteiger partial charge in [0.2, 0.25) is 0 Å². The van der Waals surface area contributed by atoms with Gasteiger partial charge in [0.1, 0.15) is 5.84 Å². The summed E-state index contributed by atoms with van der Waals surface area (Å²) in [5.41, 5.74) is 6.63. The predicted octanol–water partition coefficient (Wildman–Crippen LogP) is 1.36. The highest BCUT2D eigenvalue weighted by atomic mass is 32.1. The summed E-state index contributed by atoms with van der Waals surface area (Å²) < 4.78 is 0. The first-order valence-electron chi connectivity index (χ1n) is 4.51. The van der Waals surface area contributed by atoms with E-state index in [1.165, 1.54) is 5.56 Å². The average molecular weight is 213 g/mol. The van der Waals surface area contributed by atoms with Crippen molar-refractivity contribution in [2.75, 3.05) is 6.54 Å². The Hall–Kier alpha value is -1.07. The van der Waals surface area contributed by atoms with Gasteiger partial charge in [0.15, 0.2) is 0 Å². The molecule has 1 aromatic heterocycles. The Morgan fingerprint density at radius 2 is 2.50 bits per heavy atom. The Labute approximate surface area is 87.4 Å². The largest absolute Gasteiger partial charge is 0.409 e. The van der Waals surface area contributed by atoms with Crippen molar-refractivity contribution in [3.05, 3.63) is 22.4 Å². The van der Waals surface area contributed by atoms with Gasteiger partial charge in [-0.2, -0.15) is 11.3 Å². The van der Waals surface area contributed by atoms with Gasteiger partial charge >= 0.3 is 0 Å². The first-order valence-corrected chi connectivity index (χ1v) is 5.45. The molecule has 4 N–H and O–H groups in total. The van der Waals surface area contributed by atoms with Crippen LogP contribution in [0.3, 0.4) is 0 Å². The Bertz CT molecular complexity index is 272. The van der Waals surface area contributed by atoms with E-state index in [2.05, 4.69) is 27.3 Å². The second-order valence-electron chi connectivity index (χ2n) is 3.00. The highest BCUT2D eigenvalue weighted by Crippen LogP contribution is 2.04. The minimum atomic E-state index is 0.294. The first-order chi connectivity index (χ1) is 6.83. The van der Waals surface area contributed by atoms with Crippen LogP contribution in [0.1, 0.15) is 18.4 Å². The standard InChI is InChI=1S/C9H15N3OS/c10-9(12-13)2-1-4-11-6-8-3-5-14-7-8/h3,5,7,11,13H,1-2,4,6H2,(H2,10,12). The number of nitrogens with zero attached hydrogens (tertiary/aromatic N) is 1. The monoisotopic (exact) mass is 213 g/mol. The van der Waals surface area contributed by atoms with Gasteiger partial charge in [-0.25, -0.2) is 0 Å². The predicted molar refractivity (Wildman–Crippen MR) is 58.7 cm³/mol. The number of hydrogen-bond donors (Lipinski definition) is 3. The van der Waals surface area contributed by atoms with Crippen molar-refractivity contribution in [3.63, 3.8) is 0 Å². The zero-order valence-corrected chi connectivity index (χ0v) is 8.76. The van der Waals surface area contributed by atoms with Gasteiger partial charge in [-0.05, 0) is 35.4 Å². The molecule has 0 bridgehead atoms. The van der Waals surface area contributed by atoms with Crippen molar-refractivity contribution < 1.29 is 5.21 Å². The number of hydrogen-bond acceptors (Lipinski definition) is 4. The van der Waals surface area contributed by atoms with Crippen LogP contribution in [0.25, 0.3) is 0 Å². The van der Waals surface area contributed by atoms with E-state index in [1.54, 1.807) is 11.3 Å². The maximum Gasteiger partial charge on any atom is 0.139 e. The molecular formula is C9H15N3OS. The Kier molecular flexibility index (Phi) is 5.03. The van der Waals surface area contributed by atoms with Crippen LogP contribution in [-0.2, 0) is 6.54 Å². The van der Waals surface area contributed by atoms with Crippen molar-refractivity contribution in [3.8, 4) is 0 Å². The molecule has 0 atom stereocenters. The van der Waals surface area contributed by atoms with Crippen LogP contribution in [-0.4, -0.2) is 17.6 Å². The molecule has 5 heteroatoms. The normalized spacial score (nSPS) is 11.9. The Balaban J connectivity index is 2.00. The van der Waals surface area contributed by atoms with E-state index < -0.39 is 0 Å². The molecule has 0 saturated heterocycles. The summed E-state index contributed by atoms with van der Waals surface area (Å²) in [6.45, 7) is 1.77. The molecule has 0 aliphatic heterocycles. The molecule has 0 radical (unpaired) electrons. The Morgan fingerprint density at radius 1 is 1.64 bits per heavy atom. The lowest BCUT2D eigenvalue weighted by atomic mass is 10.3. The van der Waals surface area contributed by atoms with Crippen LogP contribution in [0.2, 0.25) is 0 Å². The van der Waals surface area contributed by atoms with Gasteiger partial charge in [0.05, 0.1) is 0 Å². The van der Waals surface area contributed by atoms with Gasteiger partial charge in [0.25, 0.3) is 0 Å². The molecular weight excluding hydrogens is 198 g/mol.